The quantitative estimate of drug-likeness (QED) is 0.572. The van der Waals surface area contributed by atoms with E-state index in [1.54, 1.807) is 0 Å². The van der Waals surface area contributed by atoms with E-state index in [2.05, 4.69) is 32.8 Å². The van der Waals surface area contributed by atoms with Crippen molar-refractivity contribution in [2.75, 3.05) is 12.3 Å². The first kappa shape index (κ1) is 14.3. The Morgan fingerprint density at radius 2 is 2.13 bits per heavy atom. The Hall–Kier alpha value is -0.650. The van der Waals surface area contributed by atoms with E-state index in [0.29, 0.717) is 6.54 Å². The summed E-state index contributed by atoms with van der Waals surface area (Å²) in [7, 11) is 0. The molecule has 0 rings (SSSR count). The van der Waals surface area contributed by atoms with Crippen molar-refractivity contribution in [2.45, 2.75) is 27.7 Å². The van der Waals surface area contributed by atoms with Gasteiger partial charge in [0.05, 0.1) is 0 Å². The first-order chi connectivity index (χ1) is 7.06. The summed E-state index contributed by atoms with van der Waals surface area (Å²) in [6.45, 7) is 8.92. The summed E-state index contributed by atoms with van der Waals surface area (Å²) in [5.74, 6) is 3.99. The number of rotatable bonds is 5. The third kappa shape index (κ3) is 5.11. The van der Waals surface area contributed by atoms with E-state index in [9.17, 15) is 0 Å². The van der Waals surface area contributed by atoms with Crippen LogP contribution >= 0.6 is 11.8 Å². The summed E-state index contributed by atoms with van der Waals surface area (Å²) in [6.07, 6.45) is 7.51. The SMILES string of the molecule is C#CC(C)/C(C)=C\C(CN)=C(/C)SCC. The molecule has 0 amide bonds. The summed E-state index contributed by atoms with van der Waals surface area (Å²) in [4.78, 5) is 1.29. The Kier molecular flexibility index (Phi) is 7.29. The summed E-state index contributed by atoms with van der Waals surface area (Å²) >= 11 is 1.83. The number of hydrogen-bond donors (Lipinski definition) is 1. The molecule has 1 atom stereocenters. The number of terminal acetylenes is 1. The Bertz CT molecular complexity index is 294. The molecule has 0 fully saturated rings. The molecule has 0 aromatic heterocycles. The third-order valence-electron chi connectivity index (χ3n) is 2.37. The minimum absolute atomic E-state index is 0.186. The van der Waals surface area contributed by atoms with Crippen LogP contribution in [0.4, 0.5) is 0 Å². The maximum absolute atomic E-state index is 5.73. The van der Waals surface area contributed by atoms with E-state index in [1.165, 1.54) is 16.1 Å². The van der Waals surface area contributed by atoms with E-state index in [1.807, 2.05) is 18.7 Å². The molecule has 2 N–H and O–H groups in total. The minimum Gasteiger partial charge on any atom is -0.326 e. The molecule has 0 spiro atoms. The lowest BCUT2D eigenvalue weighted by Crippen LogP contribution is -2.04. The van der Waals surface area contributed by atoms with Crippen molar-refractivity contribution in [2.24, 2.45) is 11.7 Å². The molecule has 0 heterocycles. The van der Waals surface area contributed by atoms with Crippen LogP contribution < -0.4 is 5.73 Å². The van der Waals surface area contributed by atoms with Crippen molar-refractivity contribution >= 4 is 11.8 Å². The van der Waals surface area contributed by atoms with Crippen molar-refractivity contribution in [1.82, 2.24) is 0 Å². The summed E-state index contributed by atoms with van der Waals surface area (Å²) in [5, 5.41) is 0. The molecule has 0 radical (unpaired) electrons. The van der Waals surface area contributed by atoms with Crippen LogP contribution in [0.3, 0.4) is 0 Å². The van der Waals surface area contributed by atoms with E-state index in [0.717, 1.165) is 5.75 Å². The lowest BCUT2D eigenvalue weighted by molar-refractivity contribution is 0.893. The highest BCUT2D eigenvalue weighted by Gasteiger charge is 2.03. The van der Waals surface area contributed by atoms with Gasteiger partial charge in [0.25, 0.3) is 0 Å². The third-order valence-corrected chi connectivity index (χ3v) is 3.35. The Morgan fingerprint density at radius 3 is 2.53 bits per heavy atom. The van der Waals surface area contributed by atoms with Gasteiger partial charge in [0, 0.05) is 12.5 Å². The van der Waals surface area contributed by atoms with E-state index in [-0.39, 0.29) is 5.92 Å². The first-order valence-electron chi connectivity index (χ1n) is 5.23. The smallest absolute Gasteiger partial charge is 0.0381 e. The highest BCUT2D eigenvalue weighted by molar-refractivity contribution is 8.03. The summed E-state index contributed by atoms with van der Waals surface area (Å²) in [6, 6.07) is 0. The molecule has 0 saturated carbocycles. The standard InChI is InChI=1S/C13H21NS/c1-6-10(3)11(4)8-13(9-14)12(5)15-7-2/h1,8,10H,7,9,14H2,2-5H3/b11-8-,13-12-. The molecule has 2 heteroatoms. The van der Waals surface area contributed by atoms with Crippen molar-refractivity contribution in [3.8, 4) is 12.3 Å². The molecule has 0 bridgehead atoms. The minimum atomic E-state index is 0.186. The molecule has 1 nitrogen and oxygen atoms in total. The number of thioether (sulfide) groups is 1. The molecule has 0 aliphatic heterocycles. The largest absolute Gasteiger partial charge is 0.326 e. The van der Waals surface area contributed by atoms with Crippen LogP contribution in [0, 0.1) is 18.3 Å². The van der Waals surface area contributed by atoms with Gasteiger partial charge in [0.2, 0.25) is 0 Å². The van der Waals surface area contributed by atoms with Gasteiger partial charge in [-0.15, -0.1) is 18.2 Å². The van der Waals surface area contributed by atoms with Gasteiger partial charge >= 0.3 is 0 Å². The monoisotopic (exact) mass is 223 g/mol. The van der Waals surface area contributed by atoms with Crippen molar-refractivity contribution in [3.05, 3.63) is 22.1 Å². The van der Waals surface area contributed by atoms with Crippen LogP contribution in [0.1, 0.15) is 27.7 Å². The Labute approximate surface area is 98.2 Å². The van der Waals surface area contributed by atoms with Crippen LogP contribution in [0.15, 0.2) is 22.1 Å². The second kappa shape index (κ2) is 7.62. The van der Waals surface area contributed by atoms with Crippen LogP contribution in [0.25, 0.3) is 0 Å². The van der Waals surface area contributed by atoms with Crippen molar-refractivity contribution in [3.63, 3.8) is 0 Å². The van der Waals surface area contributed by atoms with Gasteiger partial charge in [-0.05, 0) is 37.0 Å². The maximum Gasteiger partial charge on any atom is 0.0381 e. The Balaban J connectivity index is 4.86. The predicted octanol–water partition coefficient (Wildman–Crippen LogP) is 3.19. The highest BCUT2D eigenvalue weighted by atomic mass is 32.2. The zero-order valence-corrected chi connectivity index (χ0v) is 10.9. The zero-order valence-electron chi connectivity index (χ0n) is 10.1. The number of hydrogen-bond acceptors (Lipinski definition) is 2. The molecule has 1 unspecified atom stereocenters. The topological polar surface area (TPSA) is 26.0 Å². The molecular weight excluding hydrogens is 202 g/mol. The predicted molar refractivity (Wildman–Crippen MR) is 71.6 cm³/mol. The van der Waals surface area contributed by atoms with Gasteiger partial charge in [0.1, 0.15) is 0 Å². The maximum atomic E-state index is 5.73. The van der Waals surface area contributed by atoms with Gasteiger partial charge in [-0.2, -0.15) is 0 Å². The number of allylic oxidation sites excluding steroid dienone is 2. The van der Waals surface area contributed by atoms with E-state index in [4.69, 9.17) is 12.2 Å². The second-order valence-electron chi connectivity index (χ2n) is 3.50. The van der Waals surface area contributed by atoms with Gasteiger partial charge in [-0.25, -0.2) is 0 Å². The molecule has 0 aliphatic rings. The normalized spacial score (nSPS) is 15.6. The lowest BCUT2D eigenvalue weighted by atomic mass is 10.0. The van der Waals surface area contributed by atoms with Gasteiger partial charge < -0.3 is 5.73 Å². The molecule has 0 saturated heterocycles. The second-order valence-corrected chi connectivity index (χ2v) is 4.97. The van der Waals surface area contributed by atoms with Crippen LogP contribution in [0.5, 0.6) is 0 Å². The molecule has 84 valence electrons. The van der Waals surface area contributed by atoms with Crippen LogP contribution in [-0.2, 0) is 0 Å². The van der Waals surface area contributed by atoms with Gasteiger partial charge in [-0.1, -0.05) is 24.5 Å². The molecular formula is C13H21NS. The average Bonchev–Trinajstić information content (AvgIpc) is 2.24. The van der Waals surface area contributed by atoms with Gasteiger partial charge in [-0.3, -0.25) is 0 Å². The highest BCUT2D eigenvalue weighted by Crippen LogP contribution is 2.21. The lowest BCUT2D eigenvalue weighted by Gasteiger charge is -2.09. The fourth-order valence-corrected chi connectivity index (χ4v) is 1.91. The van der Waals surface area contributed by atoms with Gasteiger partial charge in [0.15, 0.2) is 0 Å². The molecule has 0 aliphatic carbocycles. The van der Waals surface area contributed by atoms with Crippen molar-refractivity contribution < 1.29 is 0 Å². The summed E-state index contributed by atoms with van der Waals surface area (Å²) in [5.41, 5.74) is 8.12. The molecule has 15 heavy (non-hydrogen) atoms. The zero-order chi connectivity index (χ0) is 11.8. The fourth-order valence-electron chi connectivity index (χ4n) is 1.14. The molecule has 0 aromatic carbocycles. The van der Waals surface area contributed by atoms with E-state index >= 15 is 0 Å². The first-order valence-corrected chi connectivity index (χ1v) is 6.22. The fraction of sp³-hybridized carbons (Fsp3) is 0.538. The van der Waals surface area contributed by atoms with Crippen LogP contribution in [-0.4, -0.2) is 12.3 Å². The summed E-state index contributed by atoms with van der Waals surface area (Å²) < 4.78 is 0. The number of nitrogens with two attached hydrogens (primary N) is 1. The average molecular weight is 223 g/mol. The molecule has 0 aromatic rings. The van der Waals surface area contributed by atoms with Crippen molar-refractivity contribution in [1.29, 1.82) is 0 Å². The van der Waals surface area contributed by atoms with E-state index < -0.39 is 0 Å². The Morgan fingerprint density at radius 1 is 1.53 bits per heavy atom. The van der Waals surface area contributed by atoms with Crippen LogP contribution in [0.2, 0.25) is 0 Å².